The van der Waals surface area contributed by atoms with Crippen LogP contribution in [0.2, 0.25) is 0 Å². The van der Waals surface area contributed by atoms with Gasteiger partial charge in [-0.1, -0.05) is 139 Å². The second-order valence-corrected chi connectivity index (χ2v) is 11.9. The Morgan fingerprint density at radius 2 is 0.915 bits per heavy atom. The van der Waals surface area contributed by atoms with Crippen LogP contribution >= 0.6 is 0 Å². The monoisotopic (exact) mass is 604 g/mol. The summed E-state index contributed by atoms with van der Waals surface area (Å²) in [6.07, 6.45) is 0. The highest BCUT2D eigenvalue weighted by atomic mass is 16.3. The van der Waals surface area contributed by atoms with Crippen LogP contribution in [-0.2, 0) is 0 Å². The first kappa shape index (κ1) is 19.4. The average molecular weight is 605 g/mol. The Bertz CT molecular complexity index is 3220. The molecular formula is C46H28O. The smallest absolute Gasteiger partial charge is 0.143 e. The van der Waals surface area contributed by atoms with Crippen LogP contribution in [0.5, 0.6) is 0 Å². The molecule has 0 aliphatic carbocycles. The van der Waals surface area contributed by atoms with E-state index in [2.05, 4.69) is 6.07 Å². The van der Waals surface area contributed by atoms with E-state index >= 15 is 0 Å². The summed E-state index contributed by atoms with van der Waals surface area (Å²) in [6.45, 7) is 0. The van der Waals surface area contributed by atoms with Gasteiger partial charge in [-0.3, -0.25) is 0 Å². The predicted octanol–water partition coefficient (Wildman–Crippen LogP) is 13.2. The van der Waals surface area contributed by atoms with Crippen LogP contribution in [0.25, 0.3) is 98.4 Å². The van der Waals surface area contributed by atoms with Gasteiger partial charge in [0, 0.05) is 16.2 Å². The molecule has 1 aromatic heterocycles. The lowest BCUT2D eigenvalue weighted by atomic mass is 9.85. The average Bonchev–Trinajstić information content (AvgIpc) is 3.61. The predicted molar refractivity (Wildman–Crippen MR) is 200 cm³/mol. The second-order valence-electron chi connectivity index (χ2n) is 11.9. The van der Waals surface area contributed by atoms with E-state index in [4.69, 9.17) is 9.90 Å². The van der Waals surface area contributed by atoms with Gasteiger partial charge in [-0.15, -0.1) is 0 Å². The highest BCUT2D eigenvalue weighted by molar-refractivity contribution is 6.23. The van der Waals surface area contributed by atoms with Crippen molar-refractivity contribution in [1.29, 1.82) is 0 Å². The molecule has 0 radical (unpaired) electrons. The van der Waals surface area contributed by atoms with Crippen LogP contribution < -0.4 is 0 Å². The Morgan fingerprint density at radius 1 is 0.362 bits per heavy atom. The van der Waals surface area contributed by atoms with Gasteiger partial charge in [0.15, 0.2) is 0 Å². The Kier molecular flexibility index (Phi) is 4.19. The van der Waals surface area contributed by atoms with Crippen molar-refractivity contribution in [1.82, 2.24) is 0 Å². The van der Waals surface area contributed by atoms with E-state index in [1.54, 1.807) is 6.07 Å². The van der Waals surface area contributed by atoms with E-state index in [0.29, 0.717) is 33.4 Å². The summed E-state index contributed by atoms with van der Waals surface area (Å²) in [4.78, 5) is 0. The third-order valence-corrected chi connectivity index (χ3v) is 9.26. The lowest BCUT2D eigenvalue weighted by molar-refractivity contribution is 0.672. The molecule has 1 nitrogen and oxygen atoms in total. The summed E-state index contributed by atoms with van der Waals surface area (Å²) >= 11 is 0. The molecule has 10 rings (SSSR count). The van der Waals surface area contributed by atoms with Crippen molar-refractivity contribution < 1.29 is 15.4 Å². The molecular weight excluding hydrogens is 569 g/mol. The molecule has 0 spiro atoms. The van der Waals surface area contributed by atoms with E-state index in [-0.39, 0.29) is 45.7 Å². The number of hydrogen-bond donors (Lipinski definition) is 0. The minimum Gasteiger partial charge on any atom is -0.455 e. The molecule has 0 saturated heterocycles. The molecule has 9 aromatic carbocycles. The lowest BCUT2D eigenvalue weighted by Crippen LogP contribution is -1.91. The molecule has 0 unspecified atom stereocenters. The third-order valence-electron chi connectivity index (χ3n) is 9.26. The van der Waals surface area contributed by atoms with E-state index in [1.807, 2.05) is 109 Å². The number of benzene rings is 9. The van der Waals surface area contributed by atoms with Gasteiger partial charge in [0.05, 0.1) is 11.0 Å². The Hall–Kier alpha value is -6.18. The summed E-state index contributed by atoms with van der Waals surface area (Å²) in [5.41, 5.74) is 5.18. The largest absolute Gasteiger partial charge is 0.455 e. The molecule has 0 fully saturated rings. The topological polar surface area (TPSA) is 13.1 Å². The highest BCUT2D eigenvalue weighted by Gasteiger charge is 2.18. The van der Waals surface area contributed by atoms with Crippen molar-refractivity contribution >= 4 is 65.0 Å². The maximum Gasteiger partial charge on any atom is 0.143 e. The van der Waals surface area contributed by atoms with Crippen LogP contribution in [0, 0.1) is 0 Å². The summed E-state index contributed by atoms with van der Waals surface area (Å²) < 4.78 is 79.0. The fourth-order valence-corrected chi connectivity index (χ4v) is 7.07. The molecule has 10 aromatic rings. The van der Waals surface area contributed by atoms with Gasteiger partial charge >= 0.3 is 0 Å². The molecule has 0 N–H and O–H groups in total. The number of fused-ring (bicyclic) bond motifs is 8. The van der Waals surface area contributed by atoms with Crippen molar-refractivity contribution in [3.63, 3.8) is 0 Å². The van der Waals surface area contributed by atoms with Crippen molar-refractivity contribution in [2.45, 2.75) is 0 Å². The lowest BCUT2D eigenvalue weighted by Gasteiger charge is -2.18. The SMILES string of the molecule is [2H]c1c([2H])c([2H])c2c(-c3ccc4oc5c6ccccc6ccc5c4c3)c3c([2H])c([2H])c([2H])c([2H])c3c(-c3ccc4cc(-c5ccccc5)ccc4c3)c2c1[2H]. The van der Waals surface area contributed by atoms with Crippen LogP contribution in [0.1, 0.15) is 11.0 Å². The van der Waals surface area contributed by atoms with Crippen LogP contribution in [0.4, 0.5) is 0 Å². The molecule has 1 heteroatoms. The molecule has 0 aliphatic heterocycles. The first-order valence-electron chi connectivity index (χ1n) is 19.5. The molecule has 0 saturated carbocycles. The molecule has 0 aliphatic rings. The molecule has 0 atom stereocenters. The molecule has 47 heavy (non-hydrogen) atoms. The maximum absolute atomic E-state index is 9.36. The first-order valence-corrected chi connectivity index (χ1v) is 15.5. The summed E-state index contributed by atoms with van der Waals surface area (Å²) in [7, 11) is 0. The van der Waals surface area contributed by atoms with Gasteiger partial charge < -0.3 is 4.42 Å². The summed E-state index contributed by atoms with van der Waals surface area (Å²) in [6, 6.07) is 36.5. The van der Waals surface area contributed by atoms with Gasteiger partial charge in [-0.2, -0.15) is 0 Å². The third kappa shape index (κ3) is 4.03. The van der Waals surface area contributed by atoms with E-state index < -0.39 is 24.2 Å². The zero-order valence-corrected chi connectivity index (χ0v) is 25.0. The standard InChI is InChI=1S/C46H28O/c1-2-10-29(11-3-1)31-18-19-33-27-34(21-20-32(33)26-31)44-37-14-6-8-16-39(37)45(40-17-9-7-15-38(40)44)35-23-25-43-42(28-35)41-24-22-30-12-4-5-13-36(30)46(41)47-43/h1-28H/i6D,7D,8D,9D,14D,15D,16D,17D. The van der Waals surface area contributed by atoms with Gasteiger partial charge in [0.1, 0.15) is 11.2 Å². The molecule has 1 heterocycles. The maximum atomic E-state index is 9.36. The van der Waals surface area contributed by atoms with Crippen molar-refractivity contribution in [3.8, 4) is 33.4 Å². The van der Waals surface area contributed by atoms with Gasteiger partial charge in [-0.25, -0.2) is 0 Å². The van der Waals surface area contributed by atoms with Crippen molar-refractivity contribution in [2.75, 3.05) is 0 Å². The first-order chi connectivity index (χ1) is 26.6. The van der Waals surface area contributed by atoms with Gasteiger partial charge in [0.2, 0.25) is 0 Å². The second kappa shape index (κ2) is 10.2. The number of furan rings is 1. The summed E-state index contributed by atoms with van der Waals surface area (Å²) in [5, 5.41) is 6.15. The van der Waals surface area contributed by atoms with Gasteiger partial charge in [0.25, 0.3) is 0 Å². The zero-order chi connectivity index (χ0) is 37.9. The normalized spacial score (nSPS) is 14.2. The summed E-state index contributed by atoms with van der Waals surface area (Å²) in [5.74, 6) is 0. The number of rotatable bonds is 3. The molecule has 218 valence electrons. The highest BCUT2D eigenvalue weighted by Crippen LogP contribution is 2.45. The van der Waals surface area contributed by atoms with E-state index in [1.165, 1.54) is 0 Å². The minimum absolute atomic E-state index is 0.177. The van der Waals surface area contributed by atoms with E-state index in [9.17, 15) is 5.48 Å². The van der Waals surface area contributed by atoms with Gasteiger partial charge in [-0.05, 0) is 101 Å². The molecule has 0 amide bonds. The van der Waals surface area contributed by atoms with Crippen LogP contribution in [-0.4, -0.2) is 0 Å². The fourth-order valence-electron chi connectivity index (χ4n) is 7.07. The Balaban J connectivity index is 1.34. The Labute approximate surface area is 283 Å². The Morgan fingerprint density at radius 3 is 1.62 bits per heavy atom. The fraction of sp³-hybridized carbons (Fsp3) is 0. The minimum atomic E-state index is -0.432. The van der Waals surface area contributed by atoms with Crippen LogP contribution in [0.3, 0.4) is 0 Å². The van der Waals surface area contributed by atoms with Crippen molar-refractivity contribution in [3.05, 3.63) is 170 Å². The number of hydrogen-bond acceptors (Lipinski definition) is 1. The molecule has 0 bridgehead atoms. The van der Waals surface area contributed by atoms with Crippen LogP contribution in [0.15, 0.2) is 174 Å². The van der Waals surface area contributed by atoms with E-state index in [0.717, 1.165) is 43.4 Å². The zero-order valence-electron chi connectivity index (χ0n) is 33.0. The quantitative estimate of drug-likeness (QED) is 0.183. The van der Waals surface area contributed by atoms with Crippen molar-refractivity contribution in [2.24, 2.45) is 0 Å².